The van der Waals surface area contributed by atoms with Crippen LogP contribution >= 0.6 is 0 Å². The number of rotatable bonds is 9. The average molecular weight is 538 g/mol. The molecule has 2 aliphatic heterocycles. The molecule has 0 saturated carbocycles. The highest BCUT2D eigenvalue weighted by Crippen LogP contribution is 2.45. The fourth-order valence-electron chi connectivity index (χ4n) is 5.27. The van der Waals surface area contributed by atoms with Crippen LogP contribution in [0.4, 0.5) is 13.2 Å². The molecule has 0 amide bonds. The summed E-state index contributed by atoms with van der Waals surface area (Å²) in [5.41, 5.74) is 1.45. The largest absolute Gasteiger partial charge is 0.466 e. The Kier molecular flexibility index (Phi) is 10.0. The fraction of sp³-hybridized carbons (Fsp3) is 0.571. The number of carbonyl (C=O) groups is 2. The zero-order chi connectivity index (χ0) is 28.0. The summed E-state index contributed by atoms with van der Waals surface area (Å²) in [5, 5.41) is 0. The first kappa shape index (κ1) is 29.7. The zero-order valence-corrected chi connectivity index (χ0v) is 22.9. The number of piperidine rings is 1. The molecule has 1 unspecified atom stereocenters. The van der Waals surface area contributed by atoms with E-state index in [9.17, 15) is 22.8 Å². The van der Waals surface area contributed by atoms with Crippen molar-refractivity contribution in [1.29, 1.82) is 0 Å². The van der Waals surface area contributed by atoms with Gasteiger partial charge >= 0.3 is 18.1 Å². The van der Waals surface area contributed by atoms with Gasteiger partial charge < -0.3 is 24.2 Å². The second-order valence-corrected chi connectivity index (χ2v) is 10.0. The molecule has 0 spiro atoms. The molecule has 0 aromatic heterocycles. The molecule has 210 valence electrons. The van der Waals surface area contributed by atoms with Gasteiger partial charge in [-0.05, 0) is 57.7 Å². The first-order valence-corrected chi connectivity index (χ1v) is 12.9. The van der Waals surface area contributed by atoms with Gasteiger partial charge in [-0.1, -0.05) is 18.6 Å². The highest BCUT2D eigenvalue weighted by molar-refractivity contribution is 6.00. The number of ether oxygens (including phenoxy) is 2. The third-order valence-electron chi connectivity index (χ3n) is 7.30. The number of halogens is 3. The number of likely N-dealkylation sites (tertiary alicyclic amines) is 1. The molecule has 3 rings (SSSR count). The molecule has 0 bridgehead atoms. The van der Waals surface area contributed by atoms with Gasteiger partial charge in [0.25, 0.3) is 0 Å². The average Bonchev–Trinajstić information content (AvgIpc) is 2.90. The molecule has 1 saturated heterocycles. The normalized spacial score (nSPS) is 19.3. The molecule has 10 heteroatoms. The lowest BCUT2D eigenvalue weighted by Crippen LogP contribution is -2.38. The molecule has 0 radical (unpaired) electrons. The minimum Gasteiger partial charge on any atom is -0.466 e. The van der Waals surface area contributed by atoms with Crippen molar-refractivity contribution in [2.45, 2.75) is 44.2 Å². The molecule has 1 aromatic carbocycles. The first-order valence-electron chi connectivity index (χ1n) is 12.9. The second kappa shape index (κ2) is 12.8. The molecular formula is C28H38F3N3O4. The van der Waals surface area contributed by atoms with E-state index in [-0.39, 0.29) is 11.1 Å². The number of carbonyl (C=O) groups excluding carboxylic acids is 2. The molecule has 7 nitrogen and oxygen atoms in total. The van der Waals surface area contributed by atoms with Crippen molar-refractivity contribution in [1.82, 2.24) is 14.7 Å². The third-order valence-corrected chi connectivity index (χ3v) is 7.30. The Morgan fingerprint density at radius 3 is 1.92 bits per heavy atom. The molecular weight excluding hydrogens is 499 g/mol. The summed E-state index contributed by atoms with van der Waals surface area (Å²) < 4.78 is 50.3. The number of esters is 2. The summed E-state index contributed by atoms with van der Waals surface area (Å²) in [6, 6.07) is 4.61. The summed E-state index contributed by atoms with van der Waals surface area (Å²) in [6.07, 6.45) is -0.0717. The Hall–Kier alpha value is -2.85. The van der Waals surface area contributed by atoms with Gasteiger partial charge in [0.1, 0.15) is 0 Å². The van der Waals surface area contributed by atoms with Gasteiger partial charge in [-0.2, -0.15) is 13.2 Å². The van der Waals surface area contributed by atoms with E-state index >= 15 is 0 Å². The van der Waals surface area contributed by atoms with Crippen LogP contribution in [0.1, 0.15) is 49.1 Å². The Labute approximate surface area is 222 Å². The lowest BCUT2D eigenvalue weighted by atomic mass is 9.78. The maximum absolute atomic E-state index is 13.3. The molecule has 0 N–H and O–H groups in total. The molecule has 38 heavy (non-hydrogen) atoms. The van der Waals surface area contributed by atoms with E-state index in [0.29, 0.717) is 42.9 Å². The number of hydrogen-bond donors (Lipinski definition) is 0. The van der Waals surface area contributed by atoms with Gasteiger partial charge in [0, 0.05) is 44.4 Å². The van der Waals surface area contributed by atoms with Crippen LogP contribution in [-0.4, -0.2) is 88.2 Å². The SMILES string of the molecule is COC(=O)C1=C(CCN(C)C)N(C)C(CCN2CCCCC2)=C(C(=O)OC)C1c1ccc(C(F)(F)F)cc1. The van der Waals surface area contributed by atoms with E-state index in [2.05, 4.69) is 4.90 Å². The minimum absolute atomic E-state index is 0.235. The van der Waals surface area contributed by atoms with Gasteiger partial charge in [-0.25, -0.2) is 9.59 Å². The van der Waals surface area contributed by atoms with Crippen molar-refractivity contribution in [3.63, 3.8) is 0 Å². The summed E-state index contributed by atoms with van der Waals surface area (Å²) in [7, 11) is 8.19. The van der Waals surface area contributed by atoms with Crippen LogP contribution in [0.5, 0.6) is 0 Å². The van der Waals surface area contributed by atoms with Crippen molar-refractivity contribution in [3.05, 3.63) is 57.9 Å². The van der Waals surface area contributed by atoms with Crippen molar-refractivity contribution >= 4 is 11.9 Å². The highest BCUT2D eigenvalue weighted by atomic mass is 19.4. The number of alkyl halides is 3. The van der Waals surface area contributed by atoms with Gasteiger partial charge in [0.2, 0.25) is 0 Å². The van der Waals surface area contributed by atoms with E-state index < -0.39 is 29.6 Å². The van der Waals surface area contributed by atoms with Crippen molar-refractivity contribution < 1.29 is 32.2 Å². The fourth-order valence-corrected chi connectivity index (χ4v) is 5.27. The van der Waals surface area contributed by atoms with E-state index in [1.54, 1.807) is 0 Å². The Morgan fingerprint density at radius 2 is 1.45 bits per heavy atom. The predicted molar refractivity (Wildman–Crippen MR) is 138 cm³/mol. The second-order valence-electron chi connectivity index (χ2n) is 10.0. The first-order chi connectivity index (χ1) is 18.0. The number of benzene rings is 1. The molecule has 1 fully saturated rings. The molecule has 2 aliphatic rings. The van der Waals surface area contributed by atoms with Gasteiger partial charge in [0.05, 0.1) is 36.8 Å². The smallest absolute Gasteiger partial charge is 0.416 e. The minimum atomic E-state index is -4.51. The van der Waals surface area contributed by atoms with Crippen LogP contribution in [0.15, 0.2) is 46.8 Å². The van der Waals surface area contributed by atoms with Crippen molar-refractivity contribution in [3.8, 4) is 0 Å². The maximum Gasteiger partial charge on any atom is 0.416 e. The van der Waals surface area contributed by atoms with Crippen LogP contribution < -0.4 is 0 Å². The number of hydrogen-bond acceptors (Lipinski definition) is 7. The Balaban J connectivity index is 2.20. The van der Waals surface area contributed by atoms with E-state index in [0.717, 1.165) is 38.1 Å². The number of nitrogens with zero attached hydrogens (tertiary/aromatic N) is 3. The van der Waals surface area contributed by atoms with Crippen LogP contribution in [0, 0.1) is 0 Å². The highest BCUT2D eigenvalue weighted by Gasteiger charge is 2.42. The quantitative estimate of drug-likeness (QED) is 0.433. The predicted octanol–water partition coefficient (Wildman–Crippen LogP) is 4.42. The lowest BCUT2D eigenvalue weighted by molar-refractivity contribution is -0.139. The maximum atomic E-state index is 13.3. The molecule has 2 heterocycles. The van der Waals surface area contributed by atoms with Gasteiger partial charge in [0.15, 0.2) is 0 Å². The summed E-state index contributed by atoms with van der Waals surface area (Å²) in [4.78, 5) is 32.8. The third kappa shape index (κ3) is 6.77. The van der Waals surface area contributed by atoms with Crippen LogP contribution in [0.3, 0.4) is 0 Å². The van der Waals surface area contributed by atoms with Crippen LogP contribution in [0.2, 0.25) is 0 Å². The Morgan fingerprint density at radius 1 is 0.921 bits per heavy atom. The molecule has 0 aliphatic carbocycles. The van der Waals surface area contributed by atoms with E-state index in [1.165, 1.54) is 32.8 Å². The lowest BCUT2D eigenvalue weighted by Gasteiger charge is -2.39. The van der Waals surface area contributed by atoms with Gasteiger partial charge in [-0.3, -0.25) is 0 Å². The molecule has 1 aromatic rings. The topological polar surface area (TPSA) is 62.3 Å². The van der Waals surface area contributed by atoms with Crippen LogP contribution in [-0.2, 0) is 25.2 Å². The summed E-state index contributed by atoms with van der Waals surface area (Å²) in [6.45, 7) is 3.29. The zero-order valence-electron chi connectivity index (χ0n) is 22.9. The summed E-state index contributed by atoms with van der Waals surface area (Å²) >= 11 is 0. The van der Waals surface area contributed by atoms with Gasteiger partial charge in [-0.15, -0.1) is 0 Å². The van der Waals surface area contributed by atoms with E-state index in [4.69, 9.17) is 9.47 Å². The number of methoxy groups -OCH3 is 2. The van der Waals surface area contributed by atoms with Crippen LogP contribution in [0.25, 0.3) is 0 Å². The molecule has 1 atom stereocenters. The monoisotopic (exact) mass is 537 g/mol. The Bertz CT molecular complexity index is 1060. The van der Waals surface area contributed by atoms with Crippen molar-refractivity contribution in [2.24, 2.45) is 0 Å². The van der Waals surface area contributed by atoms with E-state index in [1.807, 2.05) is 30.9 Å². The summed E-state index contributed by atoms with van der Waals surface area (Å²) in [5.74, 6) is -2.18. The standard InChI is InChI=1S/C28H38F3N3O4/c1-32(2)17-13-21-24(26(35)37-4)23(19-9-11-20(12-10-19)28(29,30)31)25(27(36)38-5)22(33(21)3)14-18-34-15-7-6-8-16-34/h9-12,23H,6-8,13-18H2,1-5H3. The van der Waals surface area contributed by atoms with Crippen molar-refractivity contribution in [2.75, 3.05) is 61.5 Å².